The second-order valence-electron chi connectivity index (χ2n) is 9.24. The van der Waals surface area contributed by atoms with Crippen LogP contribution in [0, 0.1) is 23.5 Å². The van der Waals surface area contributed by atoms with Crippen molar-refractivity contribution in [3.63, 3.8) is 0 Å². The lowest BCUT2D eigenvalue weighted by Gasteiger charge is -2.37. The van der Waals surface area contributed by atoms with Crippen LogP contribution < -0.4 is 0 Å². The summed E-state index contributed by atoms with van der Waals surface area (Å²) in [6, 6.07) is 8.70. The fourth-order valence-corrected chi connectivity index (χ4v) is 5.09. The number of alkyl halides is 3. The molecule has 2 aromatic carbocycles. The van der Waals surface area contributed by atoms with Gasteiger partial charge < -0.3 is 9.47 Å². The minimum atomic E-state index is -5.07. The minimum absolute atomic E-state index is 0.0845. The quantitative estimate of drug-likeness (QED) is 0.419. The van der Waals surface area contributed by atoms with Crippen LogP contribution >= 0.6 is 0 Å². The summed E-state index contributed by atoms with van der Waals surface area (Å²) in [6.45, 7) is 3.70. The third kappa shape index (κ3) is 5.57. The van der Waals surface area contributed by atoms with Gasteiger partial charge in [-0.2, -0.15) is 13.2 Å². The van der Waals surface area contributed by atoms with E-state index >= 15 is 0 Å². The third-order valence-electron chi connectivity index (χ3n) is 6.89. The molecule has 1 saturated carbocycles. The molecule has 2 fully saturated rings. The zero-order chi connectivity index (χ0) is 23.6. The van der Waals surface area contributed by atoms with Gasteiger partial charge in [0.15, 0.2) is 6.29 Å². The molecule has 33 heavy (non-hydrogen) atoms. The molecule has 4 rings (SSSR count). The Balaban J connectivity index is 1.36. The van der Waals surface area contributed by atoms with Crippen LogP contribution in [0.5, 0.6) is 0 Å². The summed E-state index contributed by atoms with van der Waals surface area (Å²) < 4.78 is 78.2. The normalized spacial score (nSPS) is 26.4. The maximum atomic E-state index is 13.9. The average Bonchev–Trinajstić information content (AvgIpc) is 2.79. The highest BCUT2D eigenvalue weighted by Crippen LogP contribution is 2.40. The van der Waals surface area contributed by atoms with E-state index in [0.717, 1.165) is 69.4 Å². The number of benzene rings is 2. The zero-order valence-electron chi connectivity index (χ0n) is 18.6. The second kappa shape index (κ2) is 10.1. The topological polar surface area (TPSA) is 18.5 Å². The molecule has 0 radical (unpaired) electrons. The summed E-state index contributed by atoms with van der Waals surface area (Å²) in [4.78, 5) is 0. The molecule has 1 heterocycles. The highest BCUT2D eigenvalue weighted by molar-refractivity contribution is 5.64. The SMILES string of the molecule is CCCC1COC(C2CCC(c3ccc(-c4cc(F)c(C(F)(F)F)c(F)c4)cc3)CC2)OC1. The Morgan fingerprint density at radius 3 is 1.94 bits per heavy atom. The van der Waals surface area contributed by atoms with Gasteiger partial charge in [0, 0.05) is 11.8 Å². The van der Waals surface area contributed by atoms with Crippen molar-refractivity contribution in [2.24, 2.45) is 11.8 Å². The van der Waals surface area contributed by atoms with E-state index in [0.29, 0.717) is 23.3 Å². The molecule has 0 aromatic heterocycles. The van der Waals surface area contributed by atoms with Gasteiger partial charge in [-0.25, -0.2) is 8.78 Å². The van der Waals surface area contributed by atoms with Gasteiger partial charge in [0.2, 0.25) is 0 Å². The standard InChI is InChI=1S/C26H29F5O2/c1-2-3-16-14-32-25(33-15-16)20-10-8-18(9-11-20)17-4-6-19(7-5-17)21-12-22(27)24(23(28)13-21)26(29,30)31/h4-7,12-13,16,18,20,25H,2-3,8-11,14-15H2,1H3. The number of halogens is 5. The Kier molecular flexibility index (Phi) is 7.39. The van der Waals surface area contributed by atoms with Gasteiger partial charge in [-0.15, -0.1) is 0 Å². The van der Waals surface area contributed by atoms with Gasteiger partial charge in [0.25, 0.3) is 0 Å². The van der Waals surface area contributed by atoms with Crippen LogP contribution in [0.25, 0.3) is 11.1 Å². The lowest BCUT2D eigenvalue weighted by atomic mass is 9.78. The van der Waals surface area contributed by atoms with Crippen molar-refractivity contribution in [3.8, 4) is 11.1 Å². The fourth-order valence-electron chi connectivity index (χ4n) is 5.09. The Bertz CT molecular complexity index is 902. The lowest BCUT2D eigenvalue weighted by molar-refractivity contribution is -0.229. The van der Waals surface area contributed by atoms with Crippen LogP contribution in [0.4, 0.5) is 22.0 Å². The van der Waals surface area contributed by atoms with Crippen molar-refractivity contribution in [2.75, 3.05) is 13.2 Å². The molecule has 0 amide bonds. The lowest BCUT2D eigenvalue weighted by Crippen LogP contribution is -2.38. The first kappa shape index (κ1) is 24.1. The van der Waals surface area contributed by atoms with Crippen LogP contribution in [0.1, 0.15) is 62.5 Å². The van der Waals surface area contributed by atoms with Gasteiger partial charge in [-0.1, -0.05) is 37.6 Å². The number of hydrogen-bond acceptors (Lipinski definition) is 2. The molecule has 0 N–H and O–H groups in total. The number of rotatable bonds is 5. The van der Waals surface area contributed by atoms with Crippen molar-refractivity contribution in [1.82, 2.24) is 0 Å². The van der Waals surface area contributed by atoms with E-state index in [9.17, 15) is 22.0 Å². The van der Waals surface area contributed by atoms with E-state index in [2.05, 4.69) is 6.92 Å². The van der Waals surface area contributed by atoms with Gasteiger partial charge in [0.1, 0.15) is 17.2 Å². The monoisotopic (exact) mass is 468 g/mol. The van der Waals surface area contributed by atoms with Crippen molar-refractivity contribution in [2.45, 2.75) is 63.8 Å². The number of hydrogen-bond donors (Lipinski definition) is 0. The van der Waals surface area contributed by atoms with Crippen molar-refractivity contribution >= 4 is 0 Å². The van der Waals surface area contributed by atoms with Crippen LogP contribution in [-0.2, 0) is 15.7 Å². The van der Waals surface area contributed by atoms with Crippen LogP contribution in [-0.4, -0.2) is 19.5 Å². The first-order chi connectivity index (χ1) is 15.8. The van der Waals surface area contributed by atoms with Crippen LogP contribution in [0.15, 0.2) is 36.4 Å². The summed E-state index contributed by atoms with van der Waals surface area (Å²) in [5.41, 5.74) is -0.171. The Labute approximate surface area is 191 Å². The Morgan fingerprint density at radius 2 is 1.42 bits per heavy atom. The first-order valence-corrected chi connectivity index (χ1v) is 11.7. The van der Waals surface area contributed by atoms with Gasteiger partial charge in [0.05, 0.1) is 13.2 Å². The van der Waals surface area contributed by atoms with Crippen molar-refractivity contribution in [1.29, 1.82) is 0 Å². The maximum absolute atomic E-state index is 13.9. The molecular formula is C26H29F5O2. The Morgan fingerprint density at radius 1 is 0.848 bits per heavy atom. The molecular weight excluding hydrogens is 439 g/mol. The Hall–Kier alpha value is -1.99. The summed E-state index contributed by atoms with van der Waals surface area (Å²) >= 11 is 0. The minimum Gasteiger partial charge on any atom is -0.352 e. The van der Waals surface area contributed by atoms with E-state index < -0.39 is 23.4 Å². The molecule has 0 unspecified atom stereocenters. The largest absolute Gasteiger partial charge is 0.422 e. The molecule has 1 aliphatic carbocycles. The second-order valence-corrected chi connectivity index (χ2v) is 9.24. The molecule has 2 aromatic rings. The predicted octanol–water partition coefficient (Wildman–Crippen LogP) is 7.71. The molecule has 2 aliphatic rings. The molecule has 0 spiro atoms. The molecule has 0 bridgehead atoms. The molecule has 2 nitrogen and oxygen atoms in total. The van der Waals surface area contributed by atoms with E-state index in [-0.39, 0.29) is 11.9 Å². The van der Waals surface area contributed by atoms with Crippen LogP contribution in [0.3, 0.4) is 0 Å². The molecule has 1 aliphatic heterocycles. The average molecular weight is 469 g/mol. The van der Waals surface area contributed by atoms with E-state index in [1.807, 2.05) is 12.1 Å². The fraction of sp³-hybridized carbons (Fsp3) is 0.538. The van der Waals surface area contributed by atoms with Crippen molar-refractivity contribution < 1.29 is 31.4 Å². The molecule has 180 valence electrons. The van der Waals surface area contributed by atoms with Crippen molar-refractivity contribution in [3.05, 3.63) is 59.2 Å². The third-order valence-corrected chi connectivity index (χ3v) is 6.89. The summed E-state index contributed by atoms with van der Waals surface area (Å²) in [5.74, 6) is -1.96. The highest BCUT2D eigenvalue weighted by Gasteiger charge is 2.38. The van der Waals surface area contributed by atoms with Crippen LogP contribution in [0.2, 0.25) is 0 Å². The predicted molar refractivity (Wildman–Crippen MR) is 116 cm³/mol. The molecule has 7 heteroatoms. The maximum Gasteiger partial charge on any atom is 0.422 e. The molecule has 1 saturated heterocycles. The summed E-state index contributed by atoms with van der Waals surface area (Å²) in [5, 5.41) is 0. The zero-order valence-corrected chi connectivity index (χ0v) is 18.6. The first-order valence-electron chi connectivity index (χ1n) is 11.7. The highest BCUT2D eigenvalue weighted by atomic mass is 19.4. The van der Waals surface area contributed by atoms with Gasteiger partial charge in [-0.3, -0.25) is 0 Å². The summed E-state index contributed by atoms with van der Waals surface area (Å²) in [6.07, 6.45) is 1.07. The smallest absolute Gasteiger partial charge is 0.352 e. The van der Waals surface area contributed by atoms with Gasteiger partial charge >= 0.3 is 6.18 Å². The van der Waals surface area contributed by atoms with E-state index in [1.165, 1.54) is 0 Å². The van der Waals surface area contributed by atoms with E-state index in [4.69, 9.17) is 9.47 Å². The number of ether oxygens (including phenoxy) is 2. The van der Waals surface area contributed by atoms with E-state index in [1.54, 1.807) is 12.1 Å². The van der Waals surface area contributed by atoms with Gasteiger partial charge in [-0.05, 0) is 66.8 Å². The molecule has 0 atom stereocenters. The summed E-state index contributed by atoms with van der Waals surface area (Å²) in [7, 11) is 0.